The number of rotatable bonds is 5. The fraction of sp³-hybridized carbons (Fsp3) is 0.565. The molecule has 1 fully saturated rings. The highest BCUT2D eigenvalue weighted by molar-refractivity contribution is 7.17. The molecule has 1 aromatic carbocycles. The van der Waals surface area contributed by atoms with E-state index in [1.54, 1.807) is 11.3 Å². The third-order valence-corrected chi connectivity index (χ3v) is 6.42. The van der Waals surface area contributed by atoms with Crippen LogP contribution in [0.1, 0.15) is 63.3 Å². The fourth-order valence-corrected chi connectivity index (χ4v) is 5.14. The van der Waals surface area contributed by atoms with E-state index in [9.17, 15) is 14.7 Å². The van der Waals surface area contributed by atoms with Gasteiger partial charge < -0.3 is 20.1 Å². The molecule has 1 aliphatic heterocycles. The van der Waals surface area contributed by atoms with Crippen LogP contribution in [0.25, 0.3) is 10.1 Å². The number of benzene rings is 1. The monoisotopic (exact) mass is 432 g/mol. The van der Waals surface area contributed by atoms with Crippen molar-refractivity contribution in [3.8, 4) is 0 Å². The number of thiophene rings is 1. The Labute approximate surface area is 182 Å². The minimum Gasteiger partial charge on any atom is -0.481 e. The summed E-state index contributed by atoms with van der Waals surface area (Å²) < 4.78 is 6.80. The van der Waals surface area contributed by atoms with Crippen LogP contribution in [0, 0.1) is 5.92 Å². The first-order valence-corrected chi connectivity index (χ1v) is 11.4. The average molecular weight is 433 g/mol. The summed E-state index contributed by atoms with van der Waals surface area (Å²) >= 11 is 1.57. The van der Waals surface area contributed by atoms with Gasteiger partial charge in [0.15, 0.2) is 0 Å². The third-order valence-electron chi connectivity index (χ3n) is 5.43. The van der Waals surface area contributed by atoms with Crippen molar-refractivity contribution in [3.63, 3.8) is 0 Å². The molecule has 2 atom stereocenters. The molecule has 1 aliphatic rings. The molecule has 3 rings (SSSR count). The van der Waals surface area contributed by atoms with Gasteiger partial charge in [-0.2, -0.15) is 0 Å². The van der Waals surface area contributed by atoms with Gasteiger partial charge in [0, 0.05) is 17.8 Å². The Hall–Kier alpha value is -2.12. The predicted molar refractivity (Wildman–Crippen MR) is 120 cm³/mol. The van der Waals surface area contributed by atoms with E-state index < -0.39 is 11.6 Å². The lowest BCUT2D eigenvalue weighted by Gasteiger charge is -2.40. The van der Waals surface area contributed by atoms with Crippen molar-refractivity contribution in [2.45, 2.75) is 65.1 Å². The molecule has 2 heterocycles. The minimum absolute atomic E-state index is 0.00228. The number of nitrogens with one attached hydrogen (secondary N) is 1. The number of hydrogen-bond donors (Lipinski definition) is 2. The Kier molecular flexibility index (Phi) is 6.72. The summed E-state index contributed by atoms with van der Waals surface area (Å²) in [5.41, 5.74) is 2.50. The minimum atomic E-state index is -0.836. The first-order chi connectivity index (χ1) is 14.1. The molecular weight excluding hydrogens is 400 g/mol. The Morgan fingerprint density at radius 2 is 2.00 bits per heavy atom. The first-order valence-electron chi connectivity index (χ1n) is 10.5. The third kappa shape index (κ3) is 5.13. The molecule has 30 heavy (non-hydrogen) atoms. The van der Waals surface area contributed by atoms with Crippen molar-refractivity contribution in [2.24, 2.45) is 5.92 Å². The highest BCUT2D eigenvalue weighted by Gasteiger charge is 2.35. The van der Waals surface area contributed by atoms with Crippen LogP contribution in [-0.4, -0.2) is 41.3 Å². The topological polar surface area (TPSA) is 78.9 Å². The van der Waals surface area contributed by atoms with Crippen LogP contribution in [-0.2, 0) is 22.5 Å². The highest BCUT2D eigenvalue weighted by Crippen LogP contribution is 2.39. The van der Waals surface area contributed by atoms with Crippen molar-refractivity contribution in [2.75, 3.05) is 13.6 Å². The molecule has 0 radical (unpaired) electrons. The van der Waals surface area contributed by atoms with Crippen molar-refractivity contribution in [3.05, 3.63) is 34.2 Å². The SMILES string of the molecule is CNCc1cc2scc(CC(=O)O)c2cc1C1CCC(C)CN1C(=O)OC(C)(C)C. The van der Waals surface area contributed by atoms with Gasteiger partial charge in [-0.1, -0.05) is 6.92 Å². The number of nitrogens with zero attached hydrogens (tertiary/aromatic N) is 1. The second kappa shape index (κ2) is 8.94. The number of amides is 1. The van der Waals surface area contributed by atoms with E-state index >= 15 is 0 Å². The lowest BCUT2D eigenvalue weighted by Crippen LogP contribution is -2.44. The number of fused-ring (bicyclic) bond motifs is 1. The molecule has 0 bridgehead atoms. The van der Waals surface area contributed by atoms with E-state index in [4.69, 9.17) is 4.74 Å². The number of carboxylic acids is 1. The zero-order valence-electron chi connectivity index (χ0n) is 18.4. The summed E-state index contributed by atoms with van der Waals surface area (Å²) in [4.78, 5) is 26.2. The van der Waals surface area contributed by atoms with Crippen molar-refractivity contribution in [1.29, 1.82) is 0 Å². The molecule has 2 N–H and O–H groups in total. The highest BCUT2D eigenvalue weighted by atomic mass is 32.1. The summed E-state index contributed by atoms with van der Waals surface area (Å²) in [5, 5.41) is 15.4. The molecule has 164 valence electrons. The van der Waals surface area contributed by atoms with Gasteiger partial charge in [0.1, 0.15) is 5.60 Å². The Bertz CT molecular complexity index is 931. The van der Waals surface area contributed by atoms with Gasteiger partial charge in [-0.15, -0.1) is 11.3 Å². The summed E-state index contributed by atoms with van der Waals surface area (Å²) in [6, 6.07) is 4.17. The number of carbonyl (C=O) groups excluding carboxylic acids is 1. The van der Waals surface area contributed by atoms with E-state index in [0.29, 0.717) is 19.0 Å². The Morgan fingerprint density at radius 1 is 1.27 bits per heavy atom. The predicted octanol–water partition coefficient (Wildman–Crippen LogP) is 4.96. The quantitative estimate of drug-likeness (QED) is 0.698. The van der Waals surface area contributed by atoms with Gasteiger partial charge in [-0.3, -0.25) is 4.79 Å². The number of ether oxygens (including phenoxy) is 1. The lowest BCUT2D eigenvalue weighted by molar-refractivity contribution is -0.136. The van der Waals surface area contributed by atoms with E-state index in [0.717, 1.165) is 39.6 Å². The molecule has 7 heteroatoms. The van der Waals surface area contributed by atoms with Crippen molar-refractivity contribution in [1.82, 2.24) is 10.2 Å². The smallest absolute Gasteiger partial charge is 0.410 e. The van der Waals surface area contributed by atoms with Gasteiger partial charge in [-0.25, -0.2) is 4.79 Å². The molecule has 0 saturated carbocycles. The van der Waals surface area contributed by atoms with E-state index in [-0.39, 0.29) is 18.6 Å². The second-order valence-electron chi connectivity index (χ2n) is 9.24. The number of aliphatic carboxylic acids is 1. The number of carboxylic acid groups (broad SMARTS) is 1. The number of piperidine rings is 1. The molecular formula is C23H32N2O4S. The zero-order valence-corrected chi connectivity index (χ0v) is 19.3. The summed E-state index contributed by atoms with van der Waals surface area (Å²) in [7, 11) is 1.91. The summed E-state index contributed by atoms with van der Waals surface area (Å²) in [5.74, 6) is -0.425. The molecule has 2 unspecified atom stereocenters. The molecule has 2 aromatic rings. The number of hydrogen-bond acceptors (Lipinski definition) is 5. The number of likely N-dealkylation sites (tertiary alicyclic amines) is 1. The van der Waals surface area contributed by atoms with Crippen LogP contribution in [0.15, 0.2) is 17.5 Å². The largest absolute Gasteiger partial charge is 0.481 e. The standard InChI is InChI=1S/C23H32N2O4S/c1-14-6-7-19(25(12-14)22(28)29-23(2,3)4)17-10-18-16(9-21(26)27)13-30-20(18)8-15(17)11-24-5/h8,10,13-14,19,24H,6-7,9,11-12H2,1-5H3,(H,26,27). The van der Waals surface area contributed by atoms with Crippen LogP contribution in [0.5, 0.6) is 0 Å². The molecule has 0 aliphatic carbocycles. The Morgan fingerprint density at radius 3 is 2.63 bits per heavy atom. The van der Waals surface area contributed by atoms with Crippen LogP contribution < -0.4 is 5.32 Å². The lowest BCUT2D eigenvalue weighted by atomic mass is 9.87. The Balaban J connectivity index is 2.06. The van der Waals surface area contributed by atoms with Crippen LogP contribution >= 0.6 is 11.3 Å². The second-order valence-corrected chi connectivity index (χ2v) is 10.2. The molecule has 1 saturated heterocycles. The molecule has 1 aromatic heterocycles. The van der Waals surface area contributed by atoms with Crippen LogP contribution in [0.4, 0.5) is 4.79 Å². The molecule has 1 amide bonds. The van der Waals surface area contributed by atoms with Crippen LogP contribution in [0.2, 0.25) is 0 Å². The van der Waals surface area contributed by atoms with E-state index in [1.165, 1.54) is 0 Å². The maximum absolute atomic E-state index is 13.1. The van der Waals surface area contributed by atoms with Crippen molar-refractivity contribution < 1.29 is 19.4 Å². The average Bonchev–Trinajstić information content (AvgIpc) is 3.01. The summed E-state index contributed by atoms with van der Waals surface area (Å²) in [6.07, 6.45) is 1.61. The van der Waals surface area contributed by atoms with Crippen LogP contribution in [0.3, 0.4) is 0 Å². The first kappa shape index (κ1) is 22.6. The molecule has 0 spiro atoms. The molecule has 6 nitrogen and oxygen atoms in total. The van der Waals surface area contributed by atoms with E-state index in [2.05, 4.69) is 24.4 Å². The maximum Gasteiger partial charge on any atom is 0.410 e. The summed E-state index contributed by atoms with van der Waals surface area (Å²) in [6.45, 7) is 9.16. The van der Waals surface area contributed by atoms with E-state index in [1.807, 2.05) is 38.1 Å². The van der Waals surface area contributed by atoms with Crippen molar-refractivity contribution >= 4 is 33.5 Å². The van der Waals surface area contributed by atoms with Gasteiger partial charge in [0.05, 0.1) is 12.5 Å². The van der Waals surface area contributed by atoms with Gasteiger partial charge in [0.25, 0.3) is 0 Å². The number of carbonyl (C=O) groups is 2. The van der Waals surface area contributed by atoms with Gasteiger partial charge in [0.2, 0.25) is 0 Å². The maximum atomic E-state index is 13.1. The fourth-order valence-electron chi connectivity index (χ4n) is 4.14. The zero-order chi connectivity index (χ0) is 22.1. The normalized spacial score (nSPS) is 19.8. The van der Waals surface area contributed by atoms with Gasteiger partial charge in [-0.05, 0) is 86.2 Å². The van der Waals surface area contributed by atoms with Gasteiger partial charge >= 0.3 is 12.1 Å².